The molecule has 2 rings (SSSR count). The van der Waals surface area contributed by atoms with Crippen LogP contribution in [0.3, 0.4) is 0 Å². The number of nitrogens with one attached hydrogen (secondary N) is 1. The van der Waals surface area contributed by atoms with Crippen LogP contribution in [0.4, 0.5) is 5.69 Å². The lowest BCUT2D eigenvalue weighted by atomic mass is 9.98. The number of halogens is 2. The zero-order valence-corrected chi connectivity index (χ0v) is 14.9. The summed E-state index contributed by atoms with van der Waals surface area (Å²) < 4.78 is 1.14. The van der Waals surface area contributed by atoms with Gasteiger partial charge in [0.15, 0.2) is 0 Å². The first-order valence-corrected chi connectivity index (χ1v) is 8.28. The van der Waals surface area contributed by atoms with Crippen LogP contribution in [-0.4, -0.2) is 4.98 Å². The highest BCUT2D eigenvalue weighted by molar-refractivity contribution is 14.1. The molecule has 0 radical (unpaired) electrons. The number of hydrogen-bond acceptors (Lipinski definition) is 3. The lowest BCUT2D eigenvalue weighted by Gasteiger charge is -2.13. The Morgan fingerprint density at radius 3 is 2.68 bits per heavy atom. The van der Waals surface area contributed by atoms with Crippen molar-refractivity contribution in [3.05, 3.63) is 42.9 Å². The van der Waals surface area contributed by atoms with E-state index < -0.39 is 0 Å². The summed E-state index contributed by atoms with van der Waals surface area (Å²) in [6.07, 6.45) is 1.94. The maximum Gasteiger partial charge on any atom is 0.0981 e. The smallest absolute Gasteiger partial charge is 0.0981 e. The van der Waals surface area contributed by atoms with Gasteiger partial charge in [0.2, 0.25) is 0 Å². The van der Waals surface area contributed by atoms with E-state index in [4.69, 9.17) is 11.6 Å². The Kier molecular flexibility index (Phi) is 4.74. The summed E-state index contributed by atoms with van der Waals surface area (Å²) in [7, 11) is 0. The van der Waals surface area contributed by atoms with E-state index in [1.165, 1.54) is 4.88 Å². The molecule has 1 N–H and O–H groups in total. The van der Waals surface area contributed by atoms with Crippen LogP contribution < -0.4 is 5.32 Å². The van der Waals surface area contributed by atoms with Gasteiger partial charge < -0.3 is 5.32 Å². The van der Waals surface area contributed by atoms with E-state index in [1.807, 2.05) is 24.4 Å². The summed E-state index contributed by atoms with van der Waals surface area (Å²) in [5.41, 5.74) is 1.08. The summed E-state index contributed by atoms with van der Waals surface area (Å²) >= 11 is 10.2. The van der Waals surface area contributed by atoms with Gasteiger partial charge in [0, 0.05) is 20.1 Å². The maximum atomic E-state index is 6.19. The fraction of sp³-hybridized carbons (Fsp3) is 0.357. The van der Waals surface area contributed by atoms with E-state index in [9.17, 15) is 0 Å². The maximum absolute atomic E-state index is 6.19. The van der Waals surface area contributed by atoms with Crippen molar-refractivity contribution in [3.8, 4) is 0 Å². The molecule has 2 aromatic rings. The Morgan fingerprint density at radius 2 is 2.11 bits per heavy atom. The molecule has 0 unspecified atom stereocenters. The van der Waals surface area contributed by atoms with Crippen molar-refractivity contribution in [3.63, 3.8) is 0 Å². The fourth-order valence-corrected chi connectivity index (χ4v) is 3.38. The molecule has 0 saturated carbocycles. The van der Waals surface area contributed by atoms with Gasteiger partial charge in [0.1, 0.15) is 0 Å². The minimum absolute atomic E-state index is 0.115. The number of thiazole rings is 1. The van der Waals surface area contributed by atoms with Gasteiger partial charge in [-0.05, 0) is 40.8 Å². The summed E-state index contributed by atoms with van der Waals surface area (Å²) in [5, 5.41) is 5.28. The van der Waals surface area contributed by atoms with E-state index in [-0.39, 0.29) is 5.41 Å². The quantitative estimate of drug-likeness (QED) is 0.699. The van der Waals surface area contributed by atoms with Gasteiger partial charge in [-0.2, -0.15) is 0 Å². The molecular weight excluding hydrogens is 391 g/mol. The first kappa shape index (κ1) is 15.1. The lowest BCUT2D eigenvalue weighted by Crippen LogP contribution is -2.09. The Hall–Kier alpha value is -0.330. The van der Waals surface area contributed by atoms with Crippen LogP contribution in [0.5, 0.6) is 0 Å². The molecular formula is C14H16ClIN2S. The van der Waals surface area contributed by atoms with Gasteiger partial charge in [-0.25, -0.2) is 4.98 Å². The van der Waals surface area contributed by atoms with E-state index in [2.05, 4.69) is 53.7 Å². The predicted octanol–water partition coefficient (Wildman–Crippen LogP) is 5.31. The molecule has 102 valence electrons. The summed E-state index contributed by atoms with van der Waals surface area (Å²) in [4.78, 5) is 5.70. The molecule has 0 spiro atoms. The third kappa shape index (κ3) is 4.07. The number of rotatable bonds is 3. The Labute approximate surface area is 136 Å². The highest BCUT2D eigenvalue weighted by Crippen LogP contribution is 2.28. The topological polar surface area (TPSA) is 24.9 Å². The van der Waals surface area contributed by atoms with Crippen molar-refractivity contribution in [2.75, 3.05) is 5.32 Å². The van der Waals surface area contributed by atoms with E-state index in [0.29, 0.717) is 0 Å². The van der Waals surface area contributed by atoms with Crippen LogP contribution >= 0.6 is 45.5 Å². The molecule has 0 aliphatic carbocycles. The average Bonchev–Trinajstić information content (AvgIpc) is 2.76. The Balaban J connectivity index is 2.04. The molecule has 1 aromatic heterocycles. The molecule has 5 heteroatoms. The van der Waals surface area contributed by atoms with Crippen molar-refractivity contribution >= 4 is 51.2 Å². The van der Waals surface area contributed by atoms with Crippen molar-refractivity contribution in [2.45, 2.75) is 32.7 Å². The van der Waals surface area contributed by atoms with Crippen LogP contribution in [0.1, 0.15) is 30.7 Å². The monoisotopic (exact) mass is 406 g/mol. The van der Waals surface area contributed by atoms with Crippen molar-refractivity contribution in [1.29, 1.82) is 0 Å². The number of hydrogen-bond donors (Lipinski definition) is 1. The molecule has 1 aromatic carbocycles. The molecule has 0 amide bonds. The number of aromatic nitrogens is 1. The molecule has 2 nitrogen and oxygen atoms in total. The van der Waals surface area contributed by atoms with Crippen LogP contribution in [0.15, 0.2) is 24.4 Å². The van der Waals surface area contributed by atoms with Crippen LogP contribution in [-0.2, 0) is 12.0 Å². The van der Waals surface area contributed by atoms with Gasteiger partial charge in [-0.15, -0.1) is 11.3 Å². The zero-order chi connectivity index (χ0) is 14.0. The third-order valence-corrected chi connectivity index (χ3v) is 4.99. The van der Waals surface area contributed by atoms with Crippen molar-refractivity contribution in [1.82, 2.24) is 4.98 Å². The molecule has 0 bridgehead atoms. The zero-order valence-electron chi connectivity index (χ0n) is 11.1. The van der Waals surface area contributed by atoms with Crippen LogP contribution in [0, 0.1) is 3.57 Å². The van der Waals surface area contributed by atoms with Gasteiger partial charge in [-0.1, -0.05) is 32.4 Å². The summed E-state index contributed by atoms with van der Waals surface area (Å²) in [6, 6.07) is 6.01. The van der Waals surface area contributed by atoms with E-state index >= 15 is 0 Å². The fourth-order valence-electron chi connectivity index (χ4n) is 1.55. The normalized spacial score (nSPS) is 11.6. The lowest BCUT2D eigenvalue weighted by molar-refractivity contribution is 0.585. The standard InChI is InChI=1S/C14H16ClIN2S/c1-14(2,3)13-18-8-10(19-13)7-17-12-5-4-9(16)6-11(12)15/h4-6,8,17H,7H2,1-3H3. The second-order valence-electron chi connectivity index (χ2n) is 5.36. The molecule has 1 heterocycles. The predicted molar refractivity (Wildman–Crippen MR) is 92.3 cm³/mol. The van der Waals surface area contributed by atoms with Crippen LogP contribution in [0.2, 0.25) is 5.02 Å². The molecule has 0 aliphatic heterocycles. The molecule has 0 saturated heterocycles. The number of anilines is 1. The second-order valence-corrected chi connectivity index (χ2v) is 8.13. The van der Waals surface area contributed by atoms with E-state index in [1.54, 1.807) is 11.3 Å². The van der Waals surface area contributed by atoms with Gasteiger partial charge in [0.05, 0.1) is 22.3 Å². The van der Waals surface area contributed by atoms with Gasteiger partial charge in [0.25, 0.3) is 0 Å². The second kappa shape index (κ2) is 5.97. The van der Waals surface area contributed by atoms with Crippen molar-refractivity contribution < 1.29 is 0 Å². The first-order valence-electron chi connectivity index (χ1n) is 6.00. The largest absolute Gasteiger partial charge is 0.379 e. The Morgan fingerprint density at radius 1 is 1.37 bits per heavy atom. The van der Waals surface area contributed by atoms with E-state index in [0.717, 1.165) is 25.8 Å². The van der Waals surface area contributed by atoms with Crippen molar-refractivity contribution in [2.24, 2.45) is 0 Å². The van der Waals surface area contributed by atoms with Gasteiger partial charge >= 0.3 is 0 Å². The molecule has 0 fully saturated rings. The Bertz CT molecular complexity index is 575. The highest BCUT2D eigenvalue weighted by Gasteiger charge is 2.17. The first-order chi connectivity index (χ1) is 8.86. The molecule has 0 aliphatic rings. The number of benzene rings is 1. The SMILES string of the molecule is CC(C)(C)c1ncc(CNc2ccc(I)cc2Cl)s1. The summed E-state index contributed by atoms with van der Waals surface area (Å²) in [5.74, 6) is 0. The van der Waals surface area contributed by atoms with Crippen LogP contribution in [0.25, 0.3) is 0 Å². The molecule has 19 heavy (non-hydrogen) atoms. The molecule has 0 atom stereocenters. The third-order valence-electron chi connectivity index (χ3n) is 2.58. The number of nitrogens with zero attached hydrogens (tertiary/aromatic N) is 1. The average molecular weight is 407 g/mol. The summed E-state index contributed by atoms with van der Waals surface area (Å²) in [6.45, 7) is 7.30. The highest BCUT2D eigenvalue weighted by atomic mass is 127. The van der Waals surface area contributed by atoms with Gasteiger partial charge in [-0.3, -0.25) is 0 Å². The minimum atomic E-state index is 0.115. The minimum Gasteiger partial charge on any atom is -0.379 e.